The second-order valence-electron chi connectivity index (χ2n) is 5.05. The predicted octanol–water partition coefficient (Wildman–Crippen LogP) is 0.280. The van der Waals surface area contributed by atoms with Crippen LogP contribution in [0.4, 0.5) is 5.69 Å². The Bertz CT molecular complexity index is 496. The summed E-state index contributed by atoms with van der Waals surface area (Å²) in [6.07, 6.45) is 1.04. The molecule has 0 saturated carbocycles. The minimum Gasteiger partial charge on any atom is -0.355 e. The number of nitrogens with one attached hydrogen (secondary N) is 3. The third-order valence-corrected chi connectivity index (χ3v) is 3.47. The fourth-order valence-corrected chi connectivity index (χ4v) is 2.38. The number of amides is 2. The van der Waals surface area contributed by atoms with Crippen molar-refractivity contribution in [3.8, 4) is 0 Å². The maximum absolute atomic E-state index is 12.2. The highest BCUT2D eigenvalue weighted by molar-refractivity contribution is 6.03. The summed E-state index contributed by atoms with van der Waals surface area (Å²) in [5, 5.41) is 8.71. The summed E-state index contributed by atoms with van der Waals surface area (Å²) in [5.74, 6) is -0.293. The van der Waals surface area contributed by atoms with Crippen molar-refractivity contribution in [2.45, 2.75) is 6.42 Å². The molecule has 0 radical (unpaired) electrons. The molecule has 6 nitrogen and oxygen atoms in total. The molecule has 1 aliphatic heterocycles. The quantitative estimate of drug-likeness (QED) is 0.745. The van der Waals surface area contributed by atoms with Gasteiger partial charge in [-0.05, 0) is 31.6 Å². The maximum Gasteiger partial charge on any atom is 0.253 e. The second kappa shape index (κ2) is 7.75. The molecule has 21 heavy (non-hydrogen) atoms. The van der Waals surface area contributed by atoms with Crippen LogP contribution in [0.5, 0.6) is 0 Å². The predicted molar refractivity (Wildman–Crippen MR) is 82.4 cm³/mol. The number of anilines is 1. The standard InChI is InChI=1S/C15H22N4O2/c1-16-15(21)12-5-2-3-6-13(12)18-14(20)11-19-9-4-7-17-8-10-19/h2-3,5-6,17H,4,7-11H2,1H3,(H,16,21)(H,18,20). The molecule has 1 heterocycles. The largest absolute Gasteiger partial charge is 0.355 e. The van der Waals surface area contributed by atoms with Crippen LogP contribution in [-0.2, 0) is 4.79 Å². The first-order valence-electron chi connectivity index (χ1n) is 7.24. The lowest BCUT2D eigenvalue weighted by Crippen LogP contribution is -2.36. The SMILES string of the molecule is CNC(=O)c1ccccc1NC(=O)CN1CCCNCC1. The van der Waals surface area contributed by atoms with Crippen LogP contribution in [0.25, 0.3) is 0 Å². The first-order chi connectivity index (χ1) is 10.2. The highest BCUT2D eigenvalue weighted by atomic mass is 16.2. The molecule has 3 N–H and O–H groups in total. The van der Waals surface area contributed by atoms with Gasteiger partial charge in [0.25, 0.3) is 5.91 Å². The second-order valence-corrected chi connectivity index (χ2v) is 5.05. The van der Waals surface area contributed by atoms with E-state index in [0.717, 1.165) is 32.6 Å². The number of rotatable bonds is 4. The Balaban J connectivity index is 1.97. The summed E-state index contributed by atoms with van der Waals surface area (Å²) in [5.41, 5.74) is 1.03. The van der Waals surface area contributed by atoms with Crippen molar-refractivity contribution in [3.05, 3.63) is 29.8 Å². The van der Waals surface area contributed by atoms with Crippen LogP contribution < -0.4 is 16.0 Å². The Hall–Kier alpha value is -1.92. The van der Waals surface area contributed by atoms with Gasteiger partial charge >= 0.3 is 0 Å². The van der Waals surface area contributed by atoms with Gasteiger partial charge in [-0.15, -0.1) is 0 Å². The molecule has 114 valence electrons. The molecule has 0 unspecified atom stereocenters. The van der Waals surface area contributed by atoms with Crippen molar-refractivity contribution in [2.24, 2.45) is 0 Å². The summed E-state index contributed by atoms with van der Waals surface area (Å²) in [7, 11) is 1.57. The van der Waals surface area contributed by atoms with E-state index in [1.807, 2.05) is 0 Å². The Kier molecular flexibility index (Phi) is 5.71. The van der Waals surface area contributed by atoms with Crippen LogP contribution in [0.15, 0.2) is 24.3 Å². The molecule has 0 bridgehead atoms. The fraction of sp³-hybridized carbons (Fsp3) is 0.467. The van der Waals surface area contributed by atoms with Gasteiger partial charge in [0, 0.05) is 20.1 Å². The van der Waals surface area contributed by atoms with Crippen molar-refractivity contribution in [2.75, 3.05) is 45.1 Å². The van der Waals surface area contributed by atoms with Gasteiger partial charge in [0.15, 0.2) is 0 Å². The molecule has 0 spiro atoms. The summed E-state index contributed by atoms with van der Waals surface area (Å²) < 4.78 is 0. The number of hydrogen-bond donors (Lipinski definition) is 3. The Morgan fingerprint density at radius 2 is 2.05 bits per heavy atom. The third-order valence-electron chi connectivity index (χ3n) is 3.47. The summed E-state index contributed by atoms with van der Waals surface area (Å²) in [4.78, 5) is 26.0. The van der Waals surface area contributed by atoms with E-state index in [4.69, 9.17) is 0 Å². The number of benzene rings is 1. The van der Waals surface area contributed by atoms with Crippen LogP contribution in [0.2, 0.25) is 0 Å². The molecule has 0 atom stereocenters. The zero-order valence-corrected chi connectivity index (χ0v) is 12.3. The van der Waals surface area contributed by atoms with Gasteiger partial charge in [-0.3, -0.25) is 14.5 Å². The molecule has 1 fully saturated rings. The molecular formula is C15H22N4O2. The van der Waals surface area contributed by atoms with Gasteiger partial charge < -0.3 is 16.0 Å². The van der Waals surface area contributed by atoms with Crippen molar-refractivity contribution in [3.63, 3.8) is 0 Å². The molecular weight excluding hydrogens is 268 g/mol. The van der Waals surface area contributed by atoms with E-state index in [2.05, 4.69) is 20.9 Å². The van der Waals surface area contributed by atoms with Gasteiger partial charge in [0.05, 0.1) is 17.8 Å². The molecule has 6 heteroatoms. The van der Waals surface area contributed by atoms with Crippen LogP contribution >= 0.6 is 0 Å². The van der Waals surface area contributed by atoms with Crippen LogP contribution in [0.1, 0.15) is 16.8 Å². The van der Waals surface area contributed by atoms with E-state index in [9.17, 15) is 9.59 Å². The third kappa shape index (κ3) is 4.54. The summed E-state index contributed by atoms with van der Waals surface area (Å²) in [6, 6.07) is 7.02. The monoisotopic (exact) mass is 290 g/mol. The zero-order chi connectivity index (χ0) is 15.1. The van der Waals surface area contributed by atoms with E-state index in [-0.39, 0.29) is 11.8 Å². The van der Waals surface area contributed by atoms with E-state index in [1.54, 1.807) is 31.3 Å². The Morgan fingerprint density at radius 3 is 2.86 bits per heavy atom. The van der Waals surface area contributed by atoms with Crippen LogP contribution in [-0.4, -0.2) is 56.5 Å². The van der Waals surface area contributed by atoms with Gasteiger partial charge in [-0.1, -0.05) is 12.1 Å². The molecule has 2 amide bonds. The number of para-hydroxylation sites is 1. The lowest BCUT2D eigenvalue weighted by Gasteiger charge is -2.19. The average Bonchev–Trinajstić information content (AvgIpc) is 2.75. The van der Waals surface area contributed by atoms with Gasteiger partial charge in [0.2, 0.25) is 5.91 Å². The average molecular weight is 290 g/mol. The lowest BCUT2D eigenvalue weighted by molar-refractivity contribution is -0.117. The Morgan fingerprint density at radius 1 is 1.24 bits per heavy atom. The zero-order valence-electron chi connectivity index (χ0n) is 12.3. The molecule has 1 aromatic rings. The molecule has 0 aliphatic carbocycles. The first kappa shape index (κ1) is 15.5. The van der Waals surface area contributed by atoms with E-state index in [0.29, 0.717) is 17.8 Å². The van der Waals surface area contributed by atoms with Crippen molar-refractivity contribution in [1.29, 1.82) is 0 Å². The number of carbonyl (C=O) groups is 2. The molecule has 1 saturated heterocycles. The van der Waals surface area contributed by atoms with E-state index in [1.165, 1.54) is 0 Å². The minimum absolute atomic E-state index is 0.0896. The summed E-state index contributed by atoms with van der Waals surface area (Å²) >= 11 is 0. The van der Waals surface area contributed by atoms with E-state index < -0.39 is 0 Å². The van der Waals surface area contributed by atoms with Crippen molar-refractivity contribution in [1.82, 2.24) is 15.5 Å². The lowest BCUT2D eigenvalue weighted by atomic mass is 10.1. The Labute approximate surface area is 124 Å². The van der Waals surface area contributed by atoms with E-state index >= 15 is 0 Å². The normalized spacial score (nSPS) is 16.0. The van der Waals surface area contributed by atoms with Crippen molar-refractivity contribution >= 4 is 17.5 Å². The minimum atomic E-state index is -0.204. The molecule has 0 aromatic heterocycles. The van der Waals surface area contributed by atoms with Crippen LogP contribution in [0, 0.1) is 0 Å². The van der Waals surface area contributed by atoms with Gasteiger partial charge in [-0.2, -0.15) is 0 Å². The molecule has 2 rings (SSSR count). The number of hydrogen-bond acceptors (Lipinski definition) is 4. The van der Waals surface area contributed by atoms with Gasteiger partial charge in [0.1, 0.15) is 0 Å². The first-order valence-corrected chi connectivity index (χ1v) is 7.24. The number of nitrogens with zero attached hydrogens (tertiary/aromatic N) is 1. The number of carbonyl (C=O) groups excluding carboxylic acids is 2. The topological polar surface area (TPSA) is 73.5 Å². The molecule has 1 aliphatic rings. The fourth-order valence-electron chi connectivity index (χ4n) is 2.38. The molecule has 1 aromatic carbocycles. The maximum atomic E-state index is 12.2. The van der Waals surface area contributed by atoms with Crippen LogP contribution in [0.3, 0.4) is 0 Å². The van der Waals surface area contributed by atoms with Gasteiger partial charge in [-0.25, -0.2) is 0 Å². The smallest absolute Gasteiger partial charge is 0.253 e. The highest BCUT2D eigenvalue weighted by Gasteiger charge is 2.15. The summed E-state index contributed by atoms with van der Waals surface area (Å²) in [6.45, 7) is 4.03. The van der Waals surface area contributed by atoms with Crippen molar-refractivity contribution < 1.29 is 9.59 Å². The highest BCUT2D eigenvalue weighted by Crippen LogP contribution is 2.14.